The third-order valence-electron chi connectivity index (χ3n) is 3.55. The Morgan fingerprint density at radius 2 is 2.10 bits per heavy atom. The lowest BCUT2D eigenvalue weighted by Crippen LogP contribution is -2.36. The van der Waals surface area contributed by atoms with E-state index < -0.39 is 0 Å². The van der Waals surface area contributed by atoms with Crippen LogP contribution in [0.4, 0.5) is 23.0 Å². The van der Waals surface area contributed by atoms with E-state index in [9.17, 15) is 4.79 Å². The number of nitrogen functional groups attached to an aromatic ring is 1. The van der Waals surface area contributed by atoms with Crippen molar-refractivity contribution in [3.63, 3.8) is 0 Å². The van der Waals surface area contributed by atoms with Crippen molar-refractivity contribution in [2.45, 2.75) is 20.3 Å². The third kappa shape index (κ3) is 2.29. The topological polar surface area (TPSA) is 84.1 Å². The number of rotatable bonds is 2. The van der Waals surface area contributed by atoms with Crippen LogP contribution in [0.1, 0.15) is 18.3 Å². The molecule has 3 rings (SSSR count). The molecular formula is C15H17N5O. The van der Waals surface area contributed by atoms with Gasteiger partial charge in [0, 0.05) is 12.0 Å². The molecule has 1 aromatic heterocycles. The molecule has 0 spiro atoms. The second kappa shape index (κ2) is 5.05. The molecule has 0 unspecified atom stereocenters. The highest BCUT2D eigenvalue weighted by Crippen LogP contribution is 2.36. The lowest BCUT2D eigenvalue weighted by atomic mass is 10.1. The summed E-state index contributed by atoms with van der Waals surface area (Å²) >= 11 is 0. The molecule has 0 saturated carbocycles. The fraction of sp³-hybridized carbons (Fsp3) is 0.267. The number of anilines is 4. The predicted octanol–water partition coefficient (Wildman–Crippen LogP) is 2.02. The number of carbonyl (C=O) groups excluding carboxylic acids is 1. The van der Waals surface area contributed by atoms with Gasteiger partial charge in [-0.3, -0.25) is 4.79 Å². The molecule has 0 atom stereocenters. The number of nitrogens with one attached hydrogen (secondary N) is 1. The van der Waals surface area contributed by atoms with Crippen LogP contribution in [-0.2, 0) is 11.2 Å². The number of hydrogen-bond acceptors (Lipinski definition) is 5. The monoisotopic (exact) mass is 283 g/mol. The molecule has 1 amide bonds. The Kier molecular flexibility index (Phi) is 3.21. The van der Waals surface area contributed by atoms with Crippen molar-refractivity contribution in [1.29, 1.82) is 0 Å². The van der Waals surface area contributed by atoms with E-state index in [4.69, 9.17) is 5.73 Å². The number of benzene rings is 1. The van der Waals surface area contributed by atoms with Gasteiger partial charge in [0.15, 0.2) is 0 Å². The summed E-state index contributed by atoms with van der Waals surface area (Å²) in [6.45, 7) is 4.07. The SMILES string of the molecule is CCc1nc(N)c(C)c(N2CC(=O)Nc3ccccc32)n1. The van der Waals surface area contributed by atoms with Crippen LogP contribution in [0, 0.1) is 6.92 Å². The molecule has 3 N–H and O–H groups in total. The lowest BCUT2D eigenvalue weighted by molar-refractivity contribution is -0.115. The first kappa shape index (κ1) is 13.4. The summed E-state index contributed by atoms with van der Waals surface area (Å²) < 4.78 is 0. The highest BCUT2D eigenvalue weighted by Gasteiger charge is 2.26. The van der Waals surface area contributed by atoms with Gasteiger partial charge in [0.05, 0.1) is 11.4 Å². The molecule has 0 saturated heterocycles. The van der Waals surface area contributed by atoms with Crippen molar-refractivity contribution in [1.82, 2.24) is 9.97 Å². The Labute approximate surface area is 123 Å². The molecule has 0 aliphatic carbocycles. The van der Waals surface area contributed by atoms with Crippen LogP contribution in [0.15, 0.2) is 24.3 Å². The van der Waals surface area contributed by atoms with Gasteiger partial charge in [-0.1, -0.05) is 19.1 Å². The first-order valence-corrected chi connectivity index (χ1v) is 6.89. The number of aromatic nitrogens is 2. The summed E-state index contributed by atoms with van der Waals surface area (Å²) in [5, 5.41) is 2.87. The second-order valence-electron chi connectivity index (χ2n) is 4.98. The highest BCUT2D eigenvalue weighted by molar-refractivity contribution is 6.03. The van der Waals surface area contributed by atoms with Crippen LogP contribution in [0.2, 0.25) is 0 Å². The highest BCUT2D eigenvalue weighted by atomic mass is 16.2. The Morgan fingerprint density at radius 1 is 1.33 bits per heavy atom. The molecular weight excluding hydrogens is 266 g/mol. The summed E-state index contributed by atoms with van der Waals surface area (Å²) in [7, 11) is 0. The number of nitrogens with zero attached hydrogens (tertiary/aromatic N) is 3. The van der Waals surface area contributed by atoms with E-state index in [-0.39, 0.29) is 12.5 Å². The number of hydrogen-bond donors (Lipinski definition) is 2. The molecule has 1 aliphatic heterocycles. The van der Waals surface area contributed by atoms with E-state index in [1.54, 1.807) is 0 Å². The van der Waals surface area contributed by atoms with E-state index in [2.05, 4.69) is 15.3 Å². The number of carbonyl (C=O) groups is 1. The molecule has 0 radical (unpaired) electrons. The largest absolute Gasteiger partial charge is 0.383 e. The zero-order valence-electron chi connectivity index (χ0n) is 12.1. The van der Waals surface area contributed by atoms with E-state index in [0.29, 0.717) is 23.9 Å². The second-order valence-corrected chi connectivity index (χ2v) is 4.98. The van der Waals surface area contributed by atoms with Gasteiger partial charge in [-0.2, -0.15) is 0 Å². The molecule has 1 aromatic carbocycles. The summed E-state index contributed by atoms with van der Waals surface area (Å²) in [4.78, 5) is 22.6. The van der Waals surface area contributed by atoms with Crippen LogP contribution in [0.5, 0.6) is 0 Å². The zero-order valence-corrected chi connectivity index (χ0v) is 12.1. The maximum absolute atomic E-state index is 11.9. The van der Waals surface area contributed by atoms with Crippen LogP contribution in [0.25, 0.3) is 0 Å². The quantitative estimate of drug-likeness (QED) is 0.881. The van der Waals surface area contributed by atoms with Gasteiger partial charge in [-0.25, -0.2) is 9.97 Å². The van der Waals surface area contributed by atoms with Crippen LogP contribution in [-0.4, -0.2) is 22.4 Å². The first-order chi connectivity index (χ1) is 10.1. The van der Waals surface area contributed by atoms with Crippen LogP contribution < -0.4 is 16.0 Å². The Balaban J connectivity index is 2.17. The number of amides is 1. The molecule has 21 heavy (non-hydrogen) atoms. The van der Waals surface area contributed by atoms with Crippen molar-refractivity contribution in [2.24, 2.45) is 0 Å². The summed E-state index contributed by atoms with van der Waals surface area (Å²) in [5.74, 6) is 1.77. The molecule has 108 valence electrons. The minimum Gasteiger partial charge on any atom is -0.383 e. The van der Waals surface area contributed by atoms with Gasteiger partial charge >= 0.3 is 0 Å². The Bertz CT molecular complexity index is 713. The maximum Gasteiger partial charge on any atom is 0.244 e. The molecule has 1 aliphatic rings. The molecule has 0 bridgehead atoms. The van der Waals surface area contributed by atoms with Gasteiger partial charge in [0.2, 0.25) is 5.91 Å². The van der Waals surface area contributed by atoms with Crippen molar-refractivity contribution < 1.29 is 4.79 Å². The van der Waals surface area contributed by atoms with Gasteiger partial charge in [0.1, 0.15) is 24.0 Å². The average molecular weight is 283 g/mol. The summed E-state index contributed by atoms with van der Waals surface area (Å²) in [6.07, 6.45) is 0.694. The normalized spacial score (nSPS) is 13.8. The molecule has 0 fully saturated rings. The Hall–Kier alpha value is -2.63. The van der Waals surface area contributed by atoms with E-state index >= 15 is 0 Å². The minimum atomic E-state index is -0.0664. The molecule has 2 aromatic rings. The van der Waals surface area contributed by atoms with Gasteiger partial charge < -0.3 is 16.0 Å². The predicted molar refractivity (Wildman–Crippen MR) is 82.6 cm³/mol. The number of nitrogens with two attached hydrogens (primary N) is 1. The maximum atomic E-state index is 11.9. The average Bonchev–Trinajstić information content (AvgIpc) is 2.49. The van der Waals surface area contributed by atoms with Gasteiger partial charge in [0.25, 0.3) is 0 Å². The van der Waals surface area contributed by atoms with E-state index in [0.717, 1.165) is 16.9 Å². The van der Waals surface area contributed by atoms with E-state index in [1.165, 1.54) is 0 Å². The van der Waals surface area contributed by atoms with Crippen molar-refractivity contribution in [3.05, 3.63) is 35.7 Å². The standard InChI is InChI=1S/C15H17N5O/c1-3-12-18-14(16)9(2)15(19-12)20-8-13(21)17-10-6-4-5-7-11(10)20/h4-7H,3,8H2,1-2H3,(H,17,21)(H2,16,18,19). The fourth-order valence-electron chi connectivity index (χ4n) is 2.41. The van der Waals surface area contributed by atoms with Crippen LogP contribution in [0.3, 0.4) is 0 Å². The Morgan fingerprint density at radius 3 is 2.86 bits per heavy atom. The smallest absolute Gasteiger partial charge is 0.244 e. The minimum absolute atomic E-state index is 0.0664. The summed E-state index contributed by atoms with van der Waals surface area (Å²) in [5.41, 5.74) is 8.47. The number of para-hydroxylation sites is 2. The van der Waals surface area contributed by atoms with Crippen molar-refractivity contribution in [2.75, 3.05) is 22.5 Å². The van der Waals surface area contributed by atoms with Crippen molar-refractivity contribution >= 4 is 28.9 Å². The van der Waals surface area contributed by atoms with Crippen LogP contribution >= 0.6 is 0 Å². The third-order valence-corrected chi connectivity index (χ3v) is 3.55. The van der Waals surface area contributed by atoms with E-state index in [1.807, 2.05) is 43.0 Å². The number of aryl methyl sites for hydroxylation is 1. The zero-order chi connectivity index (χ0) is 15.0. The fourth-order valence-corrected chi connectivity index (χ4v) is 2.41. The molecule has 6 nitrogen and oxygen atoms in total. The van der Waals surface area contributed by atoms with Gasteiger partial charge in [-0.15, -0.1) is 0 Å². The van der Waals surface area contributed by atoms with Gasteiger partial charge in [-0.05, 0) is 19.1 Å². The molecule has 2 heterocycles. The number of fused-ring (bicyclic) bond motifs is 1. The first-order valence-electron chi connectivity index (χ1n) is 6.89. The molecule has 6 heteroatoms. The van der Waals surface area contributed by atoms with Crippen molar-refractivity contribution in [3.8, 4) is 0 Å². The summed E-state index contributed by atoms with van der Waals surface area (Å²) in [6, 6.07) is 7.66. The lowest BCUT2D eigenvalue weighted by Gasteiger charge is -2.31.